The second-order valence-electron chi connectivity index (χ2n) is 10.8. The normalized spacial score (nSPS) is 11.6. The molecule has 4 heterocycles. The van der Waals surface area contributed by atoms with Crippen molar-refractivity contribution >= 4 is 44.0 Å². The fourth-order valence-electron chi connectivity index (χ4n) is 6.03. The van der Waals surface area contributed by atoms with Gasteiger partial charge in [-0.25, -0.2) is 15.0 Å². The summed E-state index contributed by atoms with van der Waals surface area (Å²) in [6, 6.07) is 46.9. The van der Waals surface area contributed by atoms with E-state index in [1.54, 1.807) is 0 Å². The van der Waals surface area contributed by atoms with Crippen LogP contribution in [0.5, 0.6) is 0 Å². The van der Waals surface area contributed by atoms with Crippen LogP contribution in [0.2, 0.25) is 0 Å². The number of pyridine rings is 1. The second kappa shape index (κ2) is 9.75. The van der Waals surface area contributed by atoms with Gasteiger partial charge in [-0.1, -0.05) is 121 Å². The average Bonchev–Trinajstić information content (AvgIpc) is 3.67. The highest BCUT2D eigenvalue weighted by molar-refractivity contribution is 6.26. The van der Waals surface area contributed by atoms with E-state index in [4.69, 9.17) is 23.8 Å². The minimum Gasteiger partial charge on any atom is -0.454 e. The zero-order valence-corrected chi connectivity index (χ0v) is 23.4. The standard InChI is InChI=1S/C39H23N3O2/c1-3-11-24(12-4-1)30-23-31(41-38(40-30)27-13-5-2-6-14-27)25-19-21-26(22-20-25)36-37-34(28-15-7-9-17-32(28)43-37)35-29-16-8-10-18-33(29)44-39(35)42-36/h1-23H. The molecule has 44 heavy (non-hydrogen) atoms. The SMILES string of the molecule is c1ccc(-c2cc(-c3ccc(-c4nc5oc6ccccc6c5c5c4oc4ccccc45)cc3)nc(-c3ccccc3)n2)cc1. The average molecular weight is 566 g/mol. The van der Waals surface area contributed by atoms with Crippen LogP contribution in [-0.4, -0.2) is 15.0 Å². The molecule has 0 atom stereocenters. The van der Waals surface area contributed by atoms with Crippen LogP contribution in [0.25, 0.3) is 89.2 Å². The monoisotopic (exact) mass is 565 g/mol. The van der Waals surface area contributed by atoms with Crippen molar-refractivity contribution in [3.05, 3.63) is 140 Å². The van der Waals surface area contributed by atoms with E-state index in [0.717, 1.165) is 77.6 Å². The van der Waals surface area contributed by atoms with Gasteiger partial charge >= 0.3 is 0 Å². The lowest BCUT2D eigenvalue weighted by Crippen LogP contribution is -1.96. The highest BCUT2D eigenvalue weighted by atomic mass is 16.3. The summed E-state index contributed by atoms with van der Waals surface area (Å²) in [6.07, 6.45) is 0. The van der Waals surface area contributed by atoms with Crippen LogP contribution in [0.15, 0.2) is 148 Å². The number of aromatic nitrogens is 3. The molecule has 0 aliphatic heterocycles. The van der Waals surface area contributed by atoms with E-state index in [1.807, 2.05) is 91.0 Å². The quantitative estimate of drug-likeness (QED) is 0.212. The first kappa shape index (κ1) is 24.5. The van der Waals surface area contributed by atoms with E-state index >= 15 is 0 Å². The molecule has 0 amide bonds. The van der Waals surface area contributed by atoms with Gasteiger partial charge in [0, 0.05) is 38.4 Å². The van der Waals surface area contributed by atoms with E-state index < -0.39 is 0 Å². The third-order valence-electron chi connectivity index (χ3n) is 8.13. The highest BCUT2D eigenvalue weighted by Crippen LogP contribution is 2.43. The molecule has 0 aliphatic carbocycles. The Balaban J connectivity index is 1.22. The number of nitrogens with zero attached hydrogens (tertiary/aromatic N) is 3. The molecule has 5 heteroatoms. The summed E-state index contributed by atoms with van der Waals surface area (Å²) in [5.41, 5.74) is 9.36. The van der Waals surface area contributed by atoms with Crippen molar-refractivity contribution in [2.75, 3.05) is 0 Å². The lowest BCUT2D eigenvalue weighted by Gasteiger charge is -2.10. The molecule has 4 aromatic heterocycles. The van der Waals surface area contributed by atoms with Gasteiger partial charge in [0.25, 0.3) is 0 Å². The fraction of sp³-hybridized carbons (Fsp3) is 0. The Hall–Kier alpha value is -6.07. The summed E-state index contributed by atoms with van der Waals surface area (Å²) in [7, 11) is 0. The van der Waals surface area contributed by atoms with Gasteiger partial charge in [0.15, 0.2) is 11.4 Å². The molecule has 0 fully saturated rings. The largest absolute Gasteiger partial charge is 0.454 e. The molecule has 206 valence electrons. The molecular formula is C39H23N3O2. The molecule has 9 rings (SSSR count). The molecule has 0 unspecified atom stereocenters. The van der Waals surface area contributed by atoms with Crippen molar-refractivity contribution in [2.24, 2.45) is 0 Å². The number of furan rings is 2. The maximum absolute atomic E-state index is 6.48. The highest BCUT2D eigenvalue weighted by Gasteiger charge is 2.22. The minimum absolute atomic E-state index is 0.597. The summed E-state index contributed by atoms with van der Waals surface area (Å²) >= 11 is 0. The number of hydrogen-bond donors (Lipinski definition) is 0. The molecule has 0 radical (unpaired) electrons. The molecule has 5 aromatic carbocycles. The van der Waals surface area contributed by atoms with Crippen molar-refractivity contribution in [3.8, 4) is 45.2 Å². The Labute approximate surface area is 252 Å². The van der Waals surface area contributed by atoms with Crippen LogP contribution in [0.3, 0.4) is 0 Å². The number of rotatable bonds is 4. The van der Waals surface area contributed by atoms with Crippen molar-refractivity contribution in [2.45, 2.75) is 0 Å². The summed E-state index contributed by atoms with van der Waals surface area (Å²) in [6.45, 7) is 0. The lowest BCUT2D eigenvalue weighted by atomic mass is 10.0. The van der Waals surface area contributed by atoms with Gasteiger partial charge in [0.2, 0.25) is 5.71 Å². The van der Waals surface area contributed by atoms with Crippen LogP contribution in [0.4, 0.5) is 0 Å². The van der Waals surface area contributed by atoms with Gasteiger partial charge in [-0.15, -0.1) is 0 Å². The zero-order valence-electron chi connectivity index (χ0n) is 23.4. The first-order valence-corrected chi connectivity index (χ1v) is 14.5. The van der Waals surface area contributed by atoms with Gasteiger partial charge in [0.1, 0.15) is 16.9 Å². The Morgan fingerprint density at radius 2 is 0.932 bits per heavy atom. The van der Waals surface area contributed by atoms with Crippen molar-refractivity contribution in [1.82, 2.24) is 15.0 Å². The van der Waals surface area contributed by atoms with Gasteiger partial charge in [-0.3, -0.25) is 0 Å². The third kappa shape index (κ3) is 3.91. The third-order valence-corrected chi connectivity index (χ3v) is 8.13. The molecule has 0 aliphatic rings. The van der Waals surface area contributed by atoms with Gasteiger partial charge in [0.05, 0.1) is 16.8 Å². The zero-order chi connectivity index (χ0) is 29.0. The molecule has 0 saturated carbocycles. The molecule has 0 saturated heterocycles. The maximum atomic E-state index is 6.48. The summed E-state index contributed by atoms with van der Waals surface area (Å²) in [4.78, 5) is 14.9. The van der Waals surface area contributed by atoms with E-state index in [2.05, 4.69) is 48.5 Å². The van der Waals surface area contributed by atoms with Crippen LogP contribution >= 0.6 is 0 Å². The molecule has 0 spiro atoms. The van der Waals surface area contributed by atoms with Gasteiger partial charge in [-0.05, 0) is 18.2 Å². The smallest absolute Gasteiger partial charge is 0.228 e. The van der Waals surface area contributed by atoms with E-state index in [-0.39, 0.29) is 0 Å². The predicted octanol–water partition coefficient (Wildman–Crippen LogP) is 10.3. The van der Waals surface area contributed by atoms with Crippen LogP contribution in [-0.2, 0) is 0 Å². The minimum atomic E-state index is 0.597. The van der Waals surface area contributed by atoms with Gasteiger partial charge < -0.3 is 8.83 Å². The Morgan fingerprint density at radius 3 is 1.61 bits per heavy atom. The van der Waals surface area contributed by atoms with Crippen molar-refractivity contribution in [3.63, 3.8) is 0 Å². The van der Waals surface area contributed by atoms with Crippen LogP contribution in [0.1, 0.15) is 0 Å². The fourth-order valence-corrected chi connectivity index (χ4v) is 6.03. The van der Waals surface area contributed by atoms with Crippen molar-refractivity contribution < 1.29 is 8.83 Å². The lowest BCUT2D eigenvalue weighted by molar-refractivity contribution is 0.650. The Bertz CT molecular complexity index is 2420. The number of hydrogen-bond acceptors (Lipinski definition) is 5. The molecule has 0 bridgehead atoms. The van der Waals surface area contributed by atoms with Crippen molar-refractivity contribution in [1.29, 1.82) is 0 Å². The summed E-state index contributed by atoms with van der Waals surface area (Å²) in [5, 5.41) is 4.07. The van der Waals surface area contributed by atoms with Crippen LogP contribution < -0.4 is 0 Å². The predicted molar refractivity (Wildman–Crippen MR) is 176 cm³/mol. The summed E-state index contributed by atoms with van der Waals surface area (Å²) in [5.74, 6) is 0.687. The first-order valence-electron chi connectivity index (χ1n) is 14.5. The Kier molecular flexibility index (Phi) is 5.43. The van der Waals surface area contributed by atoms with E-state index in [9.17, 15) is 0 Å². The number of para-hydroxylation sites is 2. The van der Waals surface area contributed by atoms with Crippen LogP contribution in [0, 0.1) is 0 Å². The van der Waals surface area contributed by atoms with Gasteiger partial charge in [-0.2, -0.15) is 0 Å². The summed E-state index contributed by atoms with van der Waals surface area (Å²) < 4.78 is 12.8. The first-order chi connectivity index (χ1) is 21.8. The topological polar surface area (TPSA) is 65.0 Å². The molecular weight excluding hydrogens is 542 g/mol. The molecule has 5 nitrogen and oxygen atoms in total. The Morgan fingerprint density at radius 1 is 0.409 bits per heavy atom. The number of fused-ring (bicyclic) bond motifs is 7. The van der Waals surface area contributed by atoms with E-state index in [1.165, 1.54) is 0 Å². The molecule has 0 N–H and O–H groups in total. The maximum Gasteiger partial charge on any atom is 0.228 e. The molecule has 9 aromatic rings. The van der Waals surface area contributed by atoms with E-state index in [0.29, 0.717) is 11.5 Å². The second-order valence-corrected chi connectivity index (χ2v) is 10.8. The number of benzene rings is 5.